The van der Waals surface area contributed by atoms with Gasteiger partial charge in [-0.2, -0.15) is 0 Å². The van der Waals surface area contributed by atoms with Crippen LogP contribution in [-0.2, 0) is 0 Å². The van der Waals surface area contributed by atoms with E-state index in [1.165, 1.54) is 18.2 Å². The third-order valence-electron chi connectivity index (χ3n) is 1.66. The molecule has 0 spiro atoms. The average molecular weight is 296 g/mol. The van der Waals surface area contributed by atoms with E-state index in [0.717, 1.165) is 0 Å². The van der Waals surface area contributed by atoms with Crippen LogP contribution in [0.1, 0.15) is 10.4 Å². The van der Waals surface area contributed by atoms with Crippen LogP contribution in [0.5, 0.6) is 0 Å². The van der Waals surface area contributed by atoms with Crippen LogP contribution in [-0.4, -0.2) is 17.3 Å². The normalized spacial score (nSPS) is 9.20. The van der Waals surface area contributed by atoms with Gasteiger partial charge in [-0.15, -0.1) is 12.4 Å². The zero-order valence-corrected chi connectivity index (χ0v) is 9.88. The lowest BCUT2D eigenvalue weighted by molar-refractivity contribution is -0.385. The Balaban J connectivity index is 0.00000196. The Hall–Kier alpha value is -0.980. The van der Waals surface area contributed by atoms with Crippen molar-refractivity contribution in [3.8, 4) is 0 Å². The molecule has 0 radical (unpaired) electrons. The topological polar surface area (TPSA) is 86.2 Å². The highest BCUT2D eigenvalue weighted by Crippen LogP contribution is 2.28. The standard InChI is InChI=1S/C8H7BrN2O3.ClH/c9-8-5(7(12)4-10)2-1-3-6(8)11(13)14;/h1-3H,4,10H2;1H. The van der Waals surface area contributed by atoms with Crippen molar-refractivity contribution in [2.75, 3.05) is 6.54 Å². The van der Waals surface area contributed by atoms with Gasteiger partial charge in [0.2, 0.25) is 0 Å². The molecule has 0 aliphatic carbocycles. The molecule has 0 aromatic heterocycles. The van der Waals surface area contributed by atoms with Gasteiger partial charge in [0.25, 0.3) is 5.69 Å². The van der Waals surface area contributed by atoms with Crippen molar-refractivity contribution in [2.24, 2.45) is 5.73 Å². The van der Waals surface area contributed by atoms with Gasteiger partial charge in [0.15, 0.2) is 5.78 Å². The minimum absolute atomic E-state index is 0. The maximum absolute atomic E-state index is 11.2. The fraction of sp³-hybridized carbons (Fsp3) is 0.125. The molecule has 0 unspecified atom stereocenters. The first-order valence-corrected chi connectivity index (χ1v) is 4.53. The zero-order chi connectivity index (χ0) is 10.7. The Kier molecular flexibility index (Phi) is 5.41. The number of rotatable bonds is 3. The van der Waals surface area contributed by atoms with Gasteiger partial charge in [0.05, 0.1) is 11.5 Å². The molecule has 1 aromatic carbocycles. The first kappa shape index (κ1) is 14.0. The quantitative estimate of drug-likeness (QED) is 0.524. The number of carbonyl (C=O) groups is 1. The third kappa shape index (κ3) is 2.98. The molecule has 5 nitrogen and oxygen atoms in total. The fourth-order valence-electron chi connectivity index (χ4n) is 0.986. The van der Waals surface area contributed by atoms with Gasteiger partial charge in [-0.3, -0.25) is 14.9 Å². The van der Waals surface area contributed by atoms with Gasteiger partial charge in [-0.05, 0) is 22.0 Å². The van der Waals surface area contributed by atoms with Crippen molar-refractivity contribution in [3.05, 3.63) is 38.3 Å². The van der Waals surface area contributed by atoms with Crippen molar-refractivity contribution in [1.82, 2.24) is 0 Å². The summed E-state index contributed by atoms with van der Waals surface area (Å²) in [6, 6.07) is 4.26. The molecule has 0 fully saturated rings. The molecule has 1 rings (SSSR count). The molecule has 0 aliphatic heterocycles. The molecular weight excluding hydrogens is 287 g/mol. The Morgan fingerprint density at radius 3 is 2.60 bits per heavy atom. The van der Waals surface area contributed by atoms with Crippen LogP contribution in [0.15, 0.2) is 22.7 Å². The second-order valence-electron chi connectivity index (χ2n) is 2.52. The summed E-state index contributed by atoms with van der Waals surface area (Å²) in [5, 5.41) is 10.5. The summed E-state index contributed by atoms with van der Waals surface area (Å²) in [6.07, 6.45) is 0. The number of hydrogen-bond donors (Lipinski definition) is 1. The monoisotopic (exact) mass is 294 g/mol. The van der Waals surface area contributed by atoms with E-state index < -0.39 is 4.92 Å². The molecule has 82 valence electrons. The lowest BCUT2D eigenvalue weighted by Crippen LogP contribution is -2.14. The second kappa shape index (κ2) is 5.79. The van der Waals surface area contributed by atoms with E-state index in [1.54, 1.807) is 0 Å². The number of nitrogens with two attached hydrogens (primary N) is 1. The van der Waals surface area contributed by atoms with Gasteiger partial charge in [0.1, 0.15) is 4.47 Å². The maximum atomic E-state index is 11.2. The van der Waals surface area contributed by atoms with Gasteiger partial charge >= 0.3 is 0 Å². The summed E-state index contributed by atoms with van der Waals surface area (Å²) in [5.41, 5.74) is 5.26. The average Bonchev–Trinajstić information content (AvgIpc) is 2.16. The van der Waals surface area contributed by atoms with E-state index in [1.807, 2.05) is 0 Å². The number of benzene rings is 1. The van der Waals surface area contributed by atoms with Gasteiger partial charge in [0, 0.05) is 11.6 Å². The number of ketones is 1. The summed E-state index contributed by atoms with van der Waals surface area (Å²) in [7, 11) is 0. The number of carbonyl (C=O) groups excluding carboxylic acids is 1. The third-order valence-corrected chi connectivity index (χ3v) is 2.49. The molecule has 1 aromatic rings. The molecular formula is C8H8BrClN2O3. The number of Topliss-reactive ketones (excluding diaryl/α,β-unsaturated/α-hetero) is 1. The smallest absolute Gasteiger partial charge is 0.284 e. The van der Waals surface area contributed by atoms with E-state index in [2.05, 4.69) is 15.9 Å². The van der Waals surface area contributed by atoms with Crippen LogP contribution in [0.4, 0.5) is 5.69 Å². The van der Waals surface area contributed by atoms with Crippen molar-refractivity contribution in [1.29, 1.82) is 0 Å². The van der Waals surface area contributed by atoms with E-state index in [9.17, 15) is 14.9 Å². The van der Waals surface area contributed by atoms with Crippen LogP contribution in [0.25, 0.3) is 0 Å². The summed E-state index contributed by atoms with van der Waals surface area (Å²) in [4.78, 5) is 21.2. The summed E-state index contributed by atoms with van der Waals surface area (Å²) in [5.74, 6) is -0.333. The van der Waals surface area contributed by atoms with Gasteiger partial charge < -0.3 is 5.73 Å². The molecule has 2 N–H and O–H groups in total. The molecule has 7 heteroatoms. The minimum Gasteiger partial charge on any atom is -0.324 e. The molecule has 0 saturated heterocycles. The molecule has 0 aliphatic rings. The number of halogens is 2. The fourth-order valence-corrected chi connectivity index (χ4v) is 1.62. The number of nitro benzene ring substituents is 1. The first-order chi connectivity index (χ1) is 6.57. The SMILES string of the molecule is Cl.NCC(=O)c1cccc([N+](=O)[O-])c1Br. The van der Waals surface area contributed by atoms with Crippen LogP contribution in [0.3, 0.4) is 0 Å². The van der Waals surface area contributed by atoms with Crippen LogP contribution in [0.2, 0.25) is 0 Å². The molecule has 15 heavy (non-hydrogen) atoms. The molecule has 0 bridgehead atoms. The Morgan fingerprint density at radius 1 is 1.53 bits per heavy atom. The van der Waals surface area contributed by atoms with Crippen LogP contribution in [0, 0.1) is 10.1 Å². The predicted octanol–water partition coefficient (Wildman–Crippen LogP) is 1.92. The Bertz CT molecular complexity index is 397. The summed E-state index contributed by atoms with van der Waals surface area (Å²) < 4.78 is 0.181. The zero-order valence-electron chi connectivity index (χ0n) is 7.47. The molecule has 0 atom stereocenters. The number of hydrogen-bond acceptors (Lipinski definition) is 4. The Morgan fingerprint density at radius 2 is 2.13 bits per heavy atom. The predicted molar refractivity (Wildman–Crippen MR) is 61.4 cm³/mol. The van der Waals surface area contributed by atoms with E-state index in [-0.39, 0.29) is 40.5 Å². The lowest BCUT2D eigenvalue weighted by Gasteiger charge is -2.01. The highest BCUT2D eigenvalue weighted by atomic mass is 79.9. The van der Waals surface area contributed by atoms with Crippen molar-refractivity contribution in [3.63, 3.8) is 0 Å². The number of nitro groups is 1. The van der Waals surface area contributed by atoms with Crippen molar-refractivity contribution < 1.29 is 9.72 Å². The maximum Gasteiger partial charge on any atom is 0.284 e. The van der Waals surface area contributed by atoms with E-state index >= 15 is 0 Å². The lowest BCUT2D eigenvalue weighted by atomic mass is 10.1. The summed E-state index contributed by atoms with van der Waals surface area (Å²) >= 11 is 3.01. The molecule has 0 heterocycles. The first-order valence-electron chi connectivity index (χ1n) is 3.74. The van der Waals surface area contributed by atoms with Crippen molar-refractivity contribution >= 4 is 39.8 Å². The van der Waals surface area contributed by atoms with E-state index in [0.29, 0.717) is 0 Å². The largest absolute Gasteiger partial charge is 0.324 e. The second-order valence-corrected chi connectivity index (χ2v) is 3.32. The molecule has 0 amide bonds. The van der Waals surface area contributed by atoms with Gasteiger partial charge in [-0.25, -0.2) is 0 Å². The van der Waals surface area contributed by atoms with Gasteiger partial charge in [-0.1, -0.05) is 6.07 Å². The van der Waals surface area contributed by atoms with Crippen LogP contribution < -0.4 is 5.73 Å². The Labute approximate surface area is 100 Å². The molecule has 0 saturated carbocycles. The van der Waals surface area contributed by atoms with Crippen molar-refractivity contribution in [2.45, 2.75) is 0 Å². The minimum atomic E-state index is -0.558. The highest BCUT2D eigenvalue weighted by Gasteiger charge is 2.17. The van der Waals surface area contributed by atoms with Crippen LogP contribution >= 0.6 is 28.3 Å². The highest BCUT2D eigenvalue weighted by molar-refractivity contribution is 9.10. The van der Waals surface area contributed by atoms with E-state index in [4.69, 9.17) is 5.73 Å². The summed E-state index contributed by atoms with van der Waals surface area (Å²) in [6.45, 7) is -0.167. The number of nitrogens with zero attached hydrogens (tertiary/aromatic N) is 1.